The Morgan fingerprint density at radius 2 is 0.775 bits per heavy atom. The average Bonchev–Trinajstić information content (AvgIpc) is 3.03. The van der Waals surface area contributed by atoms with E-state index in [9.17, 15) is 9.59 Å². The first-order valence-electron chi connectivity index (χ1n) is 12.9. The van der Waals surface area contributed by atoms with Crippen LogP contribution < -0.4 is 14.2 Å². The molecule has 5 aromatic carbocycles. The fourth-order valence-corrected chi connectivity index (χ4v) is 5.35. The van der Waals surface area contributed by atoms with E-state index < -0.39 is 0 Å². The molecule has 0 unspecified atom stereocenters. The molecule has 0 spiro atoms. The van der Waals surface area contributed by atoms with Crippen molar-refractivity contribution >= 4 is 11.6 Å². The third-order valence-corrected chi connectivity index (χ3v) is 7.38. The van der Waals surface area contributed by atoms with Gasteiger partial charge in [-0.1, -0.05) is 60.7 Å². The van der Waals surface area contributed by atoms with Gasteiger partial charge in [0.05, 0.1) is 21.3 Å². The van der Waals surface area contributed by atoms with Gasteiger partial charge in [-0.3, -0.25) is 9.59 Å². The highest BCUT2D eigenvalue weighted by Gasteiger charge is 2.36. The van der Waals surface area contributed by atoms with Crippen LogP contribution in [0.1, 0.15) is 31.8 Å². The molecular formula is C35H26O5. The summed E-state index contributed by atoms with van der Waals surface area (Å²) in [5.74, 6) is 1.78. The van der Waals surface area contributed by atoms with Crippen molar-refractivity contribution in [2.45, 2.75) is 0 Å². The standard InChI is InChI=1S/C35H26O5/c1-38-24-14-8-21(9-15-24)29-20-30(22-10-16-25(39-2)17-11-22)32-33(31(29)23-12-18-26(40-3)19-13-23)35(37)28-7-5-4-6-27(28)34(32)36/h4-20H,1-3H3. The van der Waals surface area contributed by atoms with Gasteiger partial charge in [-0.25, -0.2) is 0 Å². The lowest BCUT2D eigenvalue weighted by Gasteiger charge is -2.26. The van der Waals surface area contributed by atoms with Gasteiger partial charge in [-0.2, -0.15) is 0 Å². The van der Waals surface area contributed by atoms with Crippen LogP contribution in [0.4, 0.5) is 0 Å². The molecule has 0 fully saturated rings. The first-order valence-corrected chi connectivity index (χ1v) is 12.9. The lowest BCUT2D eigenvalue weighted by atomic mass is 9.74. The van der Waals surface area contributed by atoms with Gasteiger partial charge in [-0.15, -0.1) is 0 Å². The van der Waals surface area contributed by atoms with Gasteiger partial charge in [0.1, 0.15) is 17.2 Å². The highest BCUT2D eigenvalue weighted by molar-refractivity contribution is 6.33. The molecule has 1 aliphatic carbocycles. The number of rotatable bonds is 6. The zero-order valence-corrected chi connectivity index (χ0v) is 22.4. The summed E-state index contributed by atoms with van der Waals surface area (Å²) in [6.07, 6.45) is 0. The lowest BCUT2D eigenvalue weighted by molar-refractivity contribution is 0.0980. The predicted octanol–water partition coefficient (Wildman–Crippen LogP) is 7.49. The zero-order chi connectivity index (χ0) is 27.8. The quantitative estimate of drug-likeness (QED) is 0.225. The van der Waals surface area contributed by atoms with Crippen LogP contribution in [0.15, 0.2) is 103 Å². The van der Waals surface area contributed by atoms with Crippen molar-refractivity contribution in [3.63, 3.8) is 0 Å². The molecule has 0 radical (unpaired) electrons. The highest BCUT2D eigenvalue weighted by atomic mass is 16.5. The fraction of sp³-hybridized carbons (Fsp3) is 0.0857. The molecule has 40 heavy (non-hydrogen) atoms. The van der Waals surface area contributed by atoms with Crippen LogP contribution in [0.3, 0.4) is 0 Å². The first-order chi connectivity index (χ1) is 19.5. The van der Waals surface area contributed by atoms with Gasteiger partial charge in [0.25, 0.3) is 0 Å². The third-order valence-electron chi connectivity index (χ3n) is 7.38. The Balaban J connectivity index is 1.73. The van der Waals surface area contributed by atoms with Crippen molar-refractivity contribution < 1.29 is 23.8 Å². The molecule has 0 amide bonds. The Hall–Kier alpha value is -5.16. The SMILES string of the molecule is COc1ccc(-c2cc(-c3ccc(OC)cc3)c(-c3ccc(OC)cc3)c3c2C(=O)c2ccccc2C3=O)cc1. The molecule has 6 rings (SSSR count). The molecule has 0 saturated carbocycles. The number of carbonyl (C=O) groups excluding carboxylic acids is 2. The second-order valence-electron chi connectivity index (χ2n) is 9.49. The van der Waals surface area contributed by atoms with Gasteiger partial charge < -0.3 is 14.2 Å². The van der Waals surface area contributed by atoms with Gasteiger partial charge in [0.2, 0.25) is 0 Å². The van der Waals surface area contributed by atoms with Crippen LogP contribution in [0.25, 0.3) is 33.4 Å². The van der Waals surface area contributed by atoms with E-state index in [0.29, 0.717) is 44.9 Å². The summed E-state index contributed by atoms with van der Waals surface area (Å²) >= 11 is 0. The molecule has 0 atom stereocenters. The first kappa shape index (κ1) is 25.1. The number of methoxy groups -OCH3 is 3. The minimum absolute atomic E-state index is 0.174. The summed E-state index contributed by atoms with van der Waals surface area (Å²) in [5.41, 5.74) is 6.35. The monoisotopic (exact) mass is 526 g/mol. The maximum absolute atomic E-state index is 14.3. The van der Waals surface area contributed by atoms with Gasteiger partial charge >= 0.3 is 0 Å². The molecule has 0 N–H and O–H groups in total. The van der Waals surface area contributed by atoms with E-state index in [1.54, 1.807) is 45.6 Å². The van der Waals surface area contributed by atoms with Crippen molar-refractivity contribution in [1.82, 2.24) is 0 Å². The molecule has 0 heterocycles. The van der Waals surface area contributed by atoms with E-state index >= 15 is 0 Å². The van der Waals surface area contributed by atoms with Crippen LogP contribution in [0, 0.1) is 0 Å². The molecule has 0 aliphatic heterocycles. The Morgan fingerprint density at radius 1 is 0.400 bits per heavy atom. The van der Waals surface area contributed by atoms with E-state index in [1.165, 1.54) is 0 Å². The van der Waals surface area contributed by atoms with E-state index in [1.807, 2.05) is 78.9 Å². The molecule has 5 nitrogen and oxygen atoms in total. The Bertz CT molecular complexity index is 1750. The summed E-state index contributed by atoms with van der Waals surface area (Å²) in [6, 6.07) is 31.9. The van der Waals surface area contributed by atoms with Crippen molar-refractivity contribution in [2.75, 3.05) is 21.3 Å². The van der Waals surface area contributed by atoms with Crippen molar-refractivity contribution in [3.8, 4) is 50.6 Å². The van der Waals surface area contributed by atoms with E-state index in [0.717, 1.165) is 28.0 Å². The smallest absolute Gasteiger partial charge is 0.195 e. The Labute approximate surface area is 232 Å². The van der Waals surface area contributed by atoms with Crippen molar-refractivity contribution in [3.05, 3.63) is 125 Å². The Morgan fingerprint density at radius 3 is 1.20 bits per heavy atom. The average molecular weight is 527 g/mol. The van der Waals surface area contributed by atoms with Crippen molar-refractivity contribution in [2.24, 2.45) is 0 Å². The van der Waals surface area contributed by atoms with E-state index in [2.05, 4.69) is 0 Å². The maximum Gasteiger partial charge on any atom is 0.195 e. The van der Waals surface area contributed by atoms with Crippen LogP contribution in [-0.4, -0.2) is 32.9 Å². The number of ketones is 2. The fourth-order valence-electron chi connectivity index (χ4n) is 5.35. The second kappa shape index (κ2) is 10.2. The topological polar surface area (TPSA) is 61.8 Å². The summed E-state index contributed by atoms with van der Waals surface area (Å²) < 4.78 is 16.2. The zero-order valence-electron chi connectivity index (χ0n) is 22.4. The number of ether oxygens (including phenoxy) is 3. The molecule has 5 aromatic rings. The van der Waals surface area contributed by atoms with E-state index in [-0.39, 0.29) is 11.6 Å². The Kier molecular flexibility index (Phi) is 6.40. The number of benzene rings is 5. The number of carbonyl (C=O) groups is 2. The van der Waals surface area contributed by atoms with Gasteiger partial charge in [0.15, 0.2) is 11.6 Å². The highest BCUT2D eigenvalue weighted by Crippen LogP contribution is 2.46. The molecular weight excluding hydrogens is 500 g/mol. The number of hydrogen-bond donors (Lipinski definition) is 0. The third kappa shape index (κ3) is 4.12. The van der Waals surface area contributed by atoms with Gasteiger partial charge in [0, 0.05) is 27.8 Å². The van der Waals surface area contributed by atoms with Gasteiger partial charge in [-0.05, 0) is 70.3 Å². The van der Waals surface area contributed by atoms with Crippen LogP contribution in [0.5, 0.6) is 17.2 Å². The predicted molar refractivity (Wildman–Crippen MR) is 156 cm³/mol. The van der Waals surface area contributed by atoms with Crippen molar-refractivity contribution in [1.29, 1.82) is 0 Å². The summed E-state index contributed by atoms with van der Waals surface area (Å²) in [4.78, 5) is 28.5. The molecule has 0 bridgehead atoms. The second-order valence-corrected chi connectivity index (χ2v) is 9.49. The summed E-state index contributed by atoms with van der Waals surface area (Å²) in [7, 11) is 4.85. The van der Waals surface area contributed by atoms with Crippen LogP contribution in [0.2, 0.25) is 0 Å². The summed E-state index contributed by atoms with van der Waals surface area (Å²) in [5, 5.41) is 0. The normalized spacial score (nSPS) is 12.0. The van der Waals surface area contributed by atoms with E-state index in [4.69, 9.17) is 14.2 Å². The largest absolute Gasteiger partial charge is 0.497 e. The molecule has 196 valence electrons. The molecule has 1 aliphatic rings. The summed E-state index contributed by atoms with van der Waals surface area (Å²) in [6.45, 7) is 0. The molecule has 0 aromatic heterocycles. The molecule has 0 saturated heterocycles. The number of hydrogen-bond acceptors (Lipinski definition) is 5. The number of fused-ring (bicyclic) bond motifs is 2. The van der Waals surface area contributed by atoms with Crippen LogP contribution >= 0.6 is 0 Å². The molecule has 5 heteroatoms. The minimum Gasteiger partial charge on any atom is -0.497 e. The van der Waals surface area contributed by atoms with Crippen LogP contribution in [-0.2, 0) is 0 Å². The maximum atomic E-state index is 14.3. The minimum atomic E-state index is -0.179. The lowest BCUT2D eigenvalue weighted by Crippen LogP contribution is -2.23.